The van der Waals surface area contributed by atoms with Gasteiger partial charge in [0.2, 0.25) is 0 Å². The highest BCUT2D eigenvalue weighted by molar-refractivity contribution is 5.56. The van der Waals surface area contributed by atoms with Gasteiger partial charge in [-0.25, -0.2) is 0 Å². The summed E-state index contributed by atoms with van der Waals surface area (Å²) in [6, 6.07) is 0.0198. The Morgan fingerprint density at radius 2 is 1.00 bits per heavy atom. The molecule has 0 saturated carbocycles. The molecule has 1 atom stereocenters. The fourth-order valence-corrected chi connectivity index (χ4v) is 3.05. The Bertz CT molecular complexity index is 230. The van der Waals surface area contributed by atoms with E-state index in [1.807, 2.05) is 6.92 Å². The lowest BCUT2D eigenvalue weighted by atomic mass is 10.0. The summed E-state index contributed by atoms with van der Waals surface area (Å²) in [6.07, 6.45) is 23.5. The number of hydrogen-bond donors (Lipinski definition) is 1. The molecule has 0 aliphatic heterocycles. The normalized spacial score (nSPS) is 12.4. The molecule has 0 spiro atoms. The van der Waals surface area contributed by atoms with Gasteiger partial charge in [-0.1, -0.05) is 103 Å². The molecule has 0 aromatic heterocycles. The van der Waals surface area contributed by atoms with E-state index in [9.17, 15) is 4.79 Å². The van der Waals surface area contributed by atoms with Gasteiger partial charge in [-0.3, -0.25) is 0 Å². The molecule has 0 unspecified atom stereocenters. The van der Waals surface area contributed by atoms with Crippen LogP contribution in [0.15, 0.2) is 0 Å². The molecule has 0 fully saturated rings. The second-order valence-corrected chi connectivity index (χ2v) is 7.18. The quantitative estimate of drug-likeness (QED) is 0.219. The van der Waals surface area contributed by atoms with E-state index >= 15 is 0 Å². The summed E-state index contributed by atoms with van der Waals surface area (Å²) < 4.78 is 0. The first-order valence-electron chi connectivity index (χ1n) is 10.5. The van der Waals surface area contributed by atoms with Gasteiger partial charge in [-0.2, -0.15) is 0 Å². The Hall–Kier alpha value is -0.370. The molecular weight excluding hydrogens is 282 g/mol. The predicted octanol–water partition coefficient (Wildman–Crippen LogP) is 6.42. The van der Waals surface area contributed by atoms with E-state index in [0.717, 1.165) is 12.8 Å². The van der Waals surface area contributed by atoms with Gasteiger partial charge in [0.1, 0.15) is 6.29 Å². The van der Waals surface area contributed by atoms with Gasteiger partial charge in [0.05, 0.1) is 6.04 Å². The molecule has 2 nitrogen and oxygen atoms in total. The van der Waals surface area contributed by atoms with Gasteiger partial charge >= 0.3 is 0 Å². The molecular formula is C21H43NO. The maximum Gasteiger partial charge on any atom is 0.136 e. The first-order valence-corrected chi connectivity index (χ1v) is 10.5. The zero-order valence-electron chi connectivity index (χ0n) is 16.1. The van der Waals surface area contributed by atoms with E-state index < -0.39 is 0 Å². The van der Waals surface area contributed by atoms with Crippen LogP contribution in [0, 0.1) is 0 Å². The number of hydrogen-bond acceptors (Lipinski definition) is 2. The number of carbonyl (C=O) groups is 1. The van der Waals surface area contributed by atoms with Crippen molar-refractivity contribution in [2.24, 2.45) is 0 Å². The maximum atomic E-state index is 10.4. The first-order chi connectivity index (χ1) is 11.3. The van der Waals surface area contributed by atoms with E-state index in [1.165, 1.54) is 103 Å². The Kier molecular flexibility index (Phi) is 19.4. The van der Waals surface area contributed by atoms with Gasteiger partial charge < -0.3 is 10.1 Å². The minimum atomic E-state index is 0.0198. The Morgan fingerprint density at radius 3 is 1.35 bits per heavy atom. The number of unbranched alkanes of at least 4 members (excludes halogenated alkanes) is 15. The fourth-order valence-electron chi connectivity index (χ4n) is 3.05. The first kappa shape index (κ1) is 22.6. The van der Waals surface area contributed by atoms with Crippen molar-refractivity contribution in [1.82, 2.24) is 5.32 Å². The Morgan fingerprint density at radius 1 is 0.652 bits per heavy atom. The van der Waals surface area contributed by atoms with Crippen LogP contribution in [0.3, 0.4) is 0 Å². The smallest absolute Gasteiger partial charge is 0.136 e. The molecule has 0 bridgehead atoms. The van der Waals surface area contributed by atoms with Crippen molar-refractivity contribution < 1.29 is 4.79 Å². The van der Waals surface area contributed by atoms with Crippen LogP contribution in [-0.4, -0.2) is 18.9 Å². The van der Waals surface area contributed by atoms with Gasteiger partial charge in [0, 0.05) is 0 Å². The van der Waals surface area contributed by atoms with Gasteiger partial charge in [0.25, 0.3) is 0 Å². The molecule has 0 aromatic rings. The van der Waals surface area contributed by atoms with Crippen LogP contribution in [0.4, 0.5) is 0 Å². The highest BCUT2D eigenvalue weighted by atomic mass is 16.1. The Labute approximate surface area is 146 Å². The molecule has 0 aliphatic rings. The highest BCUT2D eigenvalue weighted by Gasteiger charge is 1.97. The van der Waals surface area contributed by atoms with E-state index in [4.69, 9.17) is 0 Å². The molecule has 0 heterocycles. The van der Waals surface area contributed by atoms with Crippen LogP contribution in [0.25, 0.3) is 0 Å². The SMILES string of the molecule is CCCCCCCCCCCCCCCCCCN[C@@H](C)C=O. The average Bonchev–Trinajstić information content (AvgIpc) is 2.57. The number of rotatable bonds is 19. The zero-order valence-corrected chi connectivity index (χ0v) is 16.1. The number of carbonyl (C=O) groups excluding carboxylic acids is 1. The summed E-state index contributed by atoms with van der Waals surface area (Å²) in [7, 11) is 0. The van der Waals surface area contributed by atoms with Crippen LogP contribution < -0.4 is 5.32 Å². The van der Waals surface area contributed by atoms with Crippen LogP contribution in [0.5, 0.6) is 0 Å². The minimum absolute atomic E-state index is 0.0198. The molecule has 0 rings (SSSR count). The van der Waals surface area contributed by atoms with Crippen LogP contribution >= 0.6 is 0 Å². The monoisotopic (exact) mass is 325 g/mol. The second-order valence-electron chi connectivity index (χ2n) is 7.18. The molecule has 2 heteroatoms. The largest absolute Gasteiger partial charge is 0.308 e. The summed E-state index contributed by atoms with van der Waals surface area (Å²) in [5.41, 5.74) is 0. The molecule has 0 saturated heterocycles. The van der Waals surface area contributed by atoms with Gasteiger partial charge in [0.15, 0.2) is 0 Å². The van der Waals surface area contributed by atoms with Crippen molar-refractivity contribution in [2.45, 2.75) is 123 Å². The summed E-state index contributed by atoms with van der Waals surface area (Å²) in [5.74, 6) is 0. The molecule has 138 valence electrons. The van der Waals surface area contributed by atoms with Crippen molar-refractivity contribution in [2.75, 3.05) is 6.54 Å². The molecule has 0 aromatic carbocycles. The average molecular weight is 326 g/mol. The summed E-state index contributed by atoms with van der Waals surface area (Å²) in [6.45, 7) is 5.19. The maximum absolute atomic E-state index is 10.4. The molecule has 1 N–H and O–H groups in total. The standard InChI is InChI=1S/C21H43NO/c1-3-4-5-6-7-8-9-10-11-12-13-14-15-16-17-18-19-22-21(2)20-23/h20-22H,3-19H2,1-2H3/t21-/m0/s1. The van der Waals surface area contributed by atoms with Crippen LogP contribution in [0.1, 0.15) is 117 Å². The summed E-state index contributed by atoms with van der Waals surface area (Å²) >= 11 is 0. The lowest BCUT2D eigenvalue weighted by molar-refractivity contribution is -0.109. The van der Waals surface area contributed by atoms with Crippen LogP contribution in [-0.2, 0) is 4.79 Å². The van der Waals surface area contributed by atoms with Crippen LogP contribution in [0.2, 0.25) is 0 Å². The van der Waals surface area contributed by atoms with E-state index in [1.54, 1.807) is 0 Å². The highest BCUT2D eigenvalue weighted by Crippen LogP contribution is 2.13. The number of nitrogens with one attached hydrogen (secondary N) is 1. The molecule has 0 amide bonds. The van der Waals surface area contributed by atoms with Gasteiger partial charge in [-0.05, 0) is 19.9 Å². The fraction of sp³-hybridized carbons (Fsp3) is 0.952. The molecule has 0 radical (unpaired) electrons. The lowest BCUT2D eigenvalue weighted by Gasteiger charge is -2.06. The number of aldehydes is 1. The van der Waals surface area contributed by atoms with Crippen molar-refractivity contribution >= 4 is 6.29 Å². The van der Waals surface area contributed by atoms with Gasteiger partial charge in [-0.15, -0.1) is 0 Å². The zero-order chi connectivity index (χ0) is 17.0. The van der Waals surface area contributed by atoms with Crippen molar-refractivity contribution in [1.29, 1.82) is 0 Å². The predicted molar refractivity (Wildman–Crippen MR) is 103 cm³/mol. The van der Waals surface area contributed by atoms with E-state index in [2.05, 4.69) is 12.2 Å². The molecule has 23 heavy (non-hydrogen) atoms. The summed E-state index contributed by atoms with van der Waals surface area (Å²) in [5, 5.41) is 3.21. The molecule has 0 aliphatic carbocycles. The van der Waals surface area contributed by atoms with Crippen molar-refractivity contribution in [3.8, 4) is 0 Å². The van der Waals surface area contributed by atoms with Crippen molar-refractivity contribution in [3.05, 3.63) is 0 Å². The summed E-state index contributed by atoms with van der Waals surface area (Å²) in [4.78, 5) is 10.4. The van der Waals surface area contributed by atoms with E-state index in [-0.39, 0.29) is 6.04 Å². The lowest BCUT2D eigenvalue weighted by Crippen LogP contribution is -2.27. The Balaban J connectivity index is 2.99. The second kappa shape index (κ2) is 19.7. The third-order valence-electron chi connectivity index (χ3n) is 4.70. The third-order valence-corrected chi connectivity index (χ3v) is 4.70. The third kappa shape index (κ3) is 19.6. The topological polar surface area (TPSA) is 29.1 Å². The van der Waals surface area contributed by atoms with Crippen molar-refractivity contribution in [3.63, 3.8) is 0 Å². The minimum Gasteiger partial charge on any atom is -0.308 e. The van der Waals surface area contributed by atoms with E-state index in [0.29, 0.717) is 0 Å².